The van der Waals surface area contributed by atoms with E-state index in [0.29, 0.717) is 12.6 Å². The Morgan fingerprint density at radius 1 is 0.952 bits per heavy atom. The van der Waals surface area contributed by atoms with Crippen molar-refractivity contribution in [2.24, 2.45) is 5.41 Å². The summed E-state index contributed by atoms with van der Waals surface area (Å²) in [6, 6.07) is 8.23. The van der Waals surface area contributed by atoms with Crippen molar-refractivity contribution >= 4 is 0 Å². The van der Waals surface area contributed by atoms with Crippen LogP contribution >= 0.6 is 0 Å². The second-order valence-corrected chi connectivity index (χ2v) is 6.50. The molecule has 0 aromatic heterocycles. The predicted molar refractivity (Wildman–Crippen MR) is 89.3 cm³/mol. The molecular formula is C18H31NO2. The molecule has 0 aliphatic carbocycles. The van der Waals surface area contributed by atoms with Crippen LogP contribution in [0.3, 0.4) is 0 Å². The lowest BCUT2D eigenvalue weighted by Crippen LogP contribution is -2.45. The summed E-state index contributed by atoms with van der Waals surface area (Å²) in [6.45, 7) is 13.5. The average Bonchev–Trinajstić information content (AvgIpc) is 2.45. The fourth-order valence-electron chi connectivity index (χ4n) is 1.97. The van der Waals surface area contributed by atoms with Gasteiger partial charge in [0.1, 0.15) is 18.1 Å². The van der Waals surface area contributed by atoms with Crippen LogP contribution in [0.1, 0.15) is 47.5 Å². The summed E-state index contributed by atoms with van der Waals surface area (Å²) in [5.41, 5.74) is 0.180. The van der Waals surface area contributed by atoms with Gasteiger partial charge in [-0.2, -0.15) is 0 Å². The molecule has 120 valence electrons. The molecular weight excluding hydrogens is 262 g/mol. The Kier molecular flexibility index (Phi) is 7.58. The van der Waals surface area contributed by atoms with E-state index in [0.717, 1.165) is 37.5 Å². The molecule has 0 saturated heterocycles. The lowest BCUT2D eigenvalue weighted by Gasteiger charge is -2.31. The molecule has 1 unspecified atom stereocenters. The van der Waals surface area contributed by atoms with E-state index < -0.39 is 0 Å². The molecule has 1 N–H and O–H groups in total. The molecule has 21 heavy (non-hydrogen) atoms. The van der Waals surface area contributed by atoms with Crippen molar-refractivity contribution in [2.75, 3.05) is 19.8 Å². The zero-order valence-corrected chi connectivity index (χ0v) is 14.2. The second kappa shape index (κ2) is 8.93. The lowest BCUT2D eigenvalue weighted by molar-refractivity contribution is 0.174. The van der Waals surface area contributed by atoms with Crippen LogP contribution in [-0.2, 0) is 0 Å². The summed E-state index contributed by atoms with van der Waals surface area (Å²) in [5.74, 6) is 1.80. The van der Waals surface area contributed by atoms with Gasteiger partial charge in [0, 0.05) is 6.04 Å². The van der Waals surface area contributed by atoms with Gasteiger partial charge in [0.2, 0.25) is 0 Å². The maximum Gasteiger partial charge on any atom is 0.119 e. The van der Waals surface area contributed by atoms with E-state index in [-0.39, 0.29) is 5.41 Å². The highest BCUT2D eigenvalue weighted by atomic mass is 16.5. The maximum atomic E-state index is 5.93. The Labute approximate surface area is 130 Å². The molecule has 0 saturated carbocycles. The topological polar surface area (TPSA) is 30.5 Å². The van der Waals surface area contributed by atoms with Gasteiger partial charge in [-0.15, -0.1) is 0 Å². The van der Waals surface area contributed by atoms with Crippen molar-refractivity contribution in [2.45, 2.75) is 53.5 Å². The van der Waals surface area contributed by atoms with Crippen LogP contribution in [0.5, 0.6) is 11.5 Å². The highest BCUT2D eigenvalue weighted by Crippen LogP contribution is 2.22. The highest BCUT2D eigenvalue weighted by molar-refractivity contribution is 5.31. The molecule has 0 bridgehead atoms. The number of benzene rings is 1. The number of hydrogen-bond donors (Lipinski definition) is 1. The zero-order valence-electron chi connectivity index (χ0n) is 14.2. The summed E-state index contributed by atoms with van der Waals surface area (Å²) in [5, 5.41) is 3.57. The van der Waals surface area contributed by atoms with Crippen molar-refractivity contribution in [3.05, 3.63) is 24.3 Å². The molecule has 3 nitrogen and oxygen atoms in total. The number of nitrogens with one attached hydrogen (secondary N) is 1. The van der Waals surface area contributed by atoms with Gasteiger partial charge in [0.25, 0.3) is 0 Å². The predicted octanol–water partition coefficient (Wildman–Crippen LogP) is 4.27. The largest absolute Gasteiger partial charge is 0.494 e. The van der Waals surface area contributed by atoms with Crippen LogP contribution < -0.4 is 14.8 Å². The van der Waals surface area contributed by atoms with E-state index in [1.165, 1.54) is 0 Å². The third-order valence-corrected chi connectivity index (χ3v) is 3.40. The Hall–Kier alpha value is -1.22. The monoisotopic (exact) mass is 293 g/mol. The molecule has 0 aliphatic heterocycles. The van der Waals surface area contributed by atoms with Crippen molar-refractivity contribution < 1.29 is 9.47 Å². The Bertz CT molecular complexity index is 381. The third-order valence-electron chi connectivity index (χ3n) is 3.40. The van der Waals surface area contributed by atoms with E-state index in [4.69, 9.17) is 9.47 Å². The van der Waals surface area contributed by atoms with Gasteiger partial charge < -0.3 is 14.8 Å². The van der Waals surface area contributed by atoms with Crippen LogP contribution in [0.25, 0.3) is 0 Å². The minimum atomic E-state index is 0.180. The second-order valence-electron chi connectivity index (χ2n) is 6.50. The summed E-state index contributed by atoms with van der Waals surface area (Å²) in [6.07, 6.45) is 2.16. The van der Waals surface area contributed by atoms with E-state index in [2.05, 4.69) is 39.9 Å². The van der Waals surface area contributed by atoms with Gasteiger partial charge >= 0.3 is 0 Å². The molecule has 1 aromatic rings. The van der Waals surface area contributed by atoms with Gasteiger partial charge in [0.15, 0.2) is 0 Å². The summed E-state index contributed by atoms with van der Waals surface area (Å²) < 4.78 is 11.5. The molecule has 1 aromatic carbocycles. The number of rotatable bonds is 9. The van der Waals surface area contributed by atoms with E-state index in [1.54, 1.807) is 0 Å². The molecule has 0 radical (unpaired) electrons. The number of ether oxygens (including phenoxy) is 2. The van der Waals surface area contributed by atoms with Crippen LogP contribution in [0.4, 0.5) is 0 Å². The summed E-state index contributed by atoms with van der Waals surface area (Å²) in [4.78, 5) is 0. The van der Waals surface area contributed by atoms with E-state index >= 15 is 0 Å². The fraction of sp³-hybridized carbons (Fsp3) is 0.667. The Morgan fingerprint density at radius 3 is 2.00 bits per heavy atom. The maximum absolute atomic E-state index is 5.93. The van der Waals surface area contributed by atoms with Crippen molar-refractivity contribution in [3.63, 3.8) is 0 Å². The lowest BCUT2D eigenvalue weighted by atomic mass is 9.87. The van der Waals surface area contributed by atoms with Crippen LogP contribution in [0.15, 0.2) is 24.3 Å². The smallest absolute Gasteiger partial charge is 0.119 e. The highest BCUT2D eigenvalue weighted by Gasteiger charge is 2.24. The van der Waals surface area contributed by atoms with Crippen LogP contribution in [-0.4, -0.2) is 25.8 Å². The van der Waals surface area contributed by atoms with Gasteiger partial charge in [-0.3, -0.25) is 0 Å². The quantitative estimate of drug-likeness (QED) is 0.737. The first kappa shape index (κ1) is 17.8. The Balaban J connectivity index is 2.51. The molecule has 1 rings (SSSR count). The molecule has 0 amide bonds. The Morgan fingerprint density at radius 2 is 1.52 bits per heavy atom. The van der Waals surface area contributed by atoms with Gasteiger partial charge in [-0.05, 0) is 49.1 Å². The van der Waals surface area contributed by atoms with Crippen molar-refractivity contribution in [1.29, 1.82) is 0 Å². The van der Waals surface area contributed by atoms with Gasteiger partial charge in [-0.1, -0.05) is 34.6 Å². The summed E-state index contributed by atoms with van der Waals surface area (Å²) >= 11 is 0. The fourth-order valence-corrected chi connectivity index (χ4v) is 1.97. The molecule has 1 atom stereocenters. The van der Waals surface area contributed by atoms with Crippen molar-refractivity contribution in [3.8, 4) is 11.5 Å². The summed E-state index contributed by atoms with van der Waals surface area (Å²) in [7, 11) is 0. The number of hydrogen-bond acceptors (Lipinski definition) is 3. The van der Waals surface area contributed by atoms with Crippen LogP contribution in [0, 0.1) is 5.41 Å². The zero-order chi connectivity index (χ0) is 15.7. The first-order chi connectivity index (χ1) is 9.97. The standard InChI is InChI=1S/C18H31NO2/c1-6-12-19-17(18(3,4)5)14-21-16-10-8-15(9-11-16)20-13-7-2/h8-11,17,19H,6-7,12-14H2,1-5H3. The van der Waals surface area contributed by atoms with E-state index in [9.17, 15) is 0 Å². The van der Waals surface area contributed by atoms with Crippen molar-refractivity contribution in [1.82, 2.24) is 5.32 Å². The minimum absolute atomic E-state index is 0.180. The van der Waals surface area contributed by atoms with Gasteiger partial charge in [-0.25, -0.2) is 0 Å². The molecule has 0 aliphatic rings. The molecule has 0 heterocycles. The first-order valence-corrected chi connectivity index (χ1v) is 8.06. The third kappa shape index (κ3) is 6.85. The first-order valence-electron chi connectivity index (χ1n) is 8.06. The molecule has 0 fully saturated rings. The molecule has 0 spiro atoms. The van der Waals surface area contributed by atoms with E-state index in [1.807, 2.05) is 24.3 Å². The normalized spacial score (nSPS) is 13.0. The average molecular weight is 293 g/mol. The van der Waals surface area contributed by atoms with Gasteiger partial charge in [0.05, 0.1) is 6.61 Å². The molecule has 3 heteroatoms. The van der Waals surface area contributed by atoms with Crippen LogP contribution in [0.2, 0.25) is 0 Å². The SMILES string of the molecule is CCCNC(COc1ccc(OCCC)cc1)C(C)(C)C. The minimum Gasteiger partial charge on any atom is -0.494 e.